The Balaban J connectivity index is 1.24. The molecule has 0 aromatic heterocycles. The molecule has 12 nitrogen and oxygen atoms in total. The maximum absolute atomic E-state index is 14.3. The van der Waals surface area contributed by atoms with Crippen molar-refractivity contribution in [3.63, 3.8) is 0 Å². The van der Waals surface area contributed by atoms with Crippen LogP contribution in [0.5, 0.6) is 0 Å². The summed E-state index contributed by atoms with van der Waals surface area (Å²) in [6.45, 7) is 0. The summed E-state index contributed by atoms with van der Waals surface area (Å²) in [5.41, 5.74) is 2.78. The van der Waals surface area contributed by atoms with Gasteiger partial charge in [-0.3, -0.25) is 44.3 Å². The molecule has 2 heterocycles. The highest BCUT2D eigenvalue weighted by atomic mass is 16.6. The van der Waals surface area contributed by atoms with E-state index in [9.17, 15) is 39.4 Å². The summed E-state index contributed by atoms with van der Waals surface area (Å²) in [6, 6.07) is 20.1. The molecule has 2 bridgehead atoms. The van der Waals surface area contributed by atoms with Crippen molar-refractivity contribution in [3.8, 4) is 0 Å². The van der Waals surface area contributed by atoms with Crippen molar-refractivity contribution in [2.45, 2.75) is 6.42 Å². The zero-order valence-corrected chi connectivity index (χ0v) is 24.0. The third-order valence-electron chi connectivity index (χ3n) is 10.3. The number of amides is 4. The van der Waals surface area contributed by atoms with Gasteiger partial charge in [-0.25, -0.2) is 4.90 Å². The lowest BCUT2D eigenvalue weighted by Gasteiger charge is -2.51. The average Bonchev–Trinajstić information content (AvgIpc) is 3.50. The highest BCUT2D eigenvalue weighted by Crippen LogP contribution is 2.63. The van der Waals surface area contributed by atoms with Gasteiger partial charge in [-0.05, 0) is 47.7 Å². The predicted octanol–water partition coefficient (Wildman–Crippen LogP) is 4.70. The minimum atomic E-state index is -0.792. The van der Waals surface area contributed by atoms with Gasteiger partial charge in [0.25, 0.3) is 11.4 Å². The van der Waals surface area contributed by atoms with E-state index in [2.05, 4.69) is 0 Å². The molecule has 3 aromatic carbocycles. The fourth-order valence-corrected chi connectivity index (χ4v) is 8.47. The lowest BCUT2D eigenvalue weighted by Crippen LogP contribution is -2.51. The van der Waals surface area contributed by atoms with E-state index >= 15 is 0 Å². The Kier molecular flexibility index (Phi) is 5.95. The zero-order valence-electron chi connectivity index (χ0n) is 24.0. The summed E-state index contributed by atoms with van der Waals surface area (Å²) in [4.78, 5) is 80.0. The van der Waals surface area contributed by atoms with Crippen LogP contribution >= 0.6 is 0 Å². The Morgan fingerprint density at radius 1 is 0.587 bits per heavy atom. The number of imide groups is 2. The summed E-state index contributed by atoms with van der Waals surface area (Å²) in [5.74, 6) is -6.26. The van der Waals surface area contributed by atoms with Crippen molar-refractivity contribution in [2.75, 3.05) is 9.80 Å². The van der Waals surface area contributed by atoms with Crippen LogP contribution in [0.25, 0.3) is 5.57 Å². The second kappa shape index (κ2) is 9.86. The van der Waals surface area contributed by atoms with Crippen molar-refractivity contribution in [1.29, 1.82) is 0 Å². The molecule has 4 aliphatic carbocycles. The van der Waals surface area contributed by atoms with Crippen molar-refractivity contribution < 1.29 is 29.0 Å². The molecule has 0 unspecified atom stereocenters. The molecule has 1 saturated carbocycles. The third-order valence-corrected chi connectivity index (χ3v) is 10.3. The molecule has 2 saturated heterocycles. The van der Waals surface area contributed by atoms with Crippen LogP contribution in [-0.2, 0) is 19.2 Å². The Morgan fingerprint density at radius 2 is 1.11 bits per heavy atom. The van der Waals surface area contributed by atoms with Crippen LogP contribution in [-0.4, -0.2) is 33.5 Å². The van der Waals surface area contributed by atoms with Crippen LogP contribution in [0.1, 0.15) is 12.0 Å². The van der Waals surface area contributed by atoms with E-state index < -0.39 is 74.9 Å². The van der Waals surface area contributed by atoms with Crippen molar-refractivity contribution in [2.24, 2.45) is 41.4 Å². The number of hydrogen-bond acceptors (Lipinski definition) is 8. The highest BCUT2D eigenvalue weighted by molar-refractivity contribution is 6.24. The number of hydrogen-bond donors (Lipinski definition) is 0. The van der Waals surface area contributed by atoms with Gasteiger partial charge < -0.3 is 0 Å². The lowest BCUT2D eigenvalue weighted by atomic mass is 9.49. The van der Waals surface area contributed by atoms with Crippen LogP contribution in [0.4, 0.5) is 22.7 Å². The number of benzene rings is 3. The quantitative estimate of drug-likeness (QED) is 0.172. The molecule has 2 aliphatic heterocycles. The Morgan fingerprint density at radius 3 is 1.67 bits per heavy atom. The molecule has 9 rings (SSSR count). The van der Waals surface area contributed by atoms with Gasteiger partial charge >= 0.3 is 0 Å². The van der Waals surface area contributed by atoms with Crippen LogP contribution in [0, 0.1) is 61.7 Å². The topological polar surface area (TPSA) is 161 Å². The van der Waals surface area contributed by atoms with Crippen molar-refractivity contribution in [3.05, 3.63) is 122 Å². The van der Waals surface area contributed by atoms with Crippen molar-refractivity contribution in [1.82, 2.24) is 0 Å². The van der Waals surface area contributed by atoms with E-state index in [1.165, 1.54) is 48.5 Å². The number of nitrogens with zero attached hydrogens (tertiary/aromatic N) is 4. The smallest absolute Gasteiger partial charge is 0.269 e. The number of anilines is 2. The lowest BCUT2D eigenvalue weighted by molar-refractivity contribution is -0.385. The Labute approximate surface area is 260 Å². The summed E-state index contributed by atoms with van der Waals surface area (Å²) in [6.07, 6.45) is 4.11. The van der Waals surface area contributed by atoms with E-state index in [4.69, 9.17) is 0 Å². The van der Waals surface area contributed by atoms with Crippen molar-refractivity contribution >= 4 is 52.0 Å². The molecule has 6 aliphatic rings. The fraction of sp³-hybridized carbons (Fsp3) is 0.235. The van der Waals surface area contributed by atoms with Gasteiger partial charge in [-0.15, -0.1) is 0 Å². The monoisotopic (exact) mass is 616 g/mol. The first kappa shape index (κ1) is 27.7. The average molecular weight is 617 g/mol. The number of carbonyl (C=O) groups is 4. The predicted molar refractivity (Wildman–Crippen MR) is 163 cm³/mol. The normalized spacial score (nSPS) is 29.3. The van der Waals surface area contributed by atoms with Gasteiger partial charge in [0, 0.05) is 36.1 Å². The molecule has 0 spiro atoms. The number of non-ortho nitro benzene ring substituents is 2. The van der Waals surface area contributed by atoms with Crippen LogP contribution in [0.2, 0.25) is 0 Å². The first-order valence-corrected chi connectivity index (χ1v) is 14.9. The minimum Gasteiger partial charge on any atom is -0.274 e. The van der Waals surface area contributed by atoms with E-state index in [-0.39, 0.29) is 29.2 Å². The molecule has 0 radical (unpaired) electrons. The highest BCUT2D eigenvalue weighted by Gasteiger charge is 2.67. The van der Waals surface area contributed by atoms with Crippen LogP contribution in [0.3, 0.4) is 0 Å². The first-order chi connectivity index (χ1) is 22.2. The van der Waals surface area contributed by atoms with Gasteiger partial charge in [0.05, 0.1) is 44.9 Å². The maximum atomic E-state index is 14.3. The summed E-state index contributed by atoms with van der Waals surface area (Å²) in [7, 11) is 0. The number of fused-ring (bicyclic) bond motifs is 1. The fourth-order valence-electron chi connectivity index (χ4n) is 8.47. The van der Waals surface area contributed by atoms with E-state index in [1.54, 1.807) is 0 Å². The van der Waals surface area contributed by atoms with Gasteiger partial charge in [-0.1, -0.05) is 48.1 Å². The SMILES string of the molecule is O=C1[C@H]2[C@@H]3C=C[C@H](C4=C(c5ccccc5)C[C@H]5C(=O)N(c6ccc([N+](=O)[O-])cc6)C(=O)[C@H]5[C@H]43)[C@H]2C(=O)N1c1ccc([N+](=O)[O-])cc1. The van der Waals surface area contributed by atoms with Crippen LogP contribution in [0.15, 0.2) is 96.6 Å². The number of allylic oxidation sites excluding steroid dienone is 4. The van der Waals surface area contributed by atoms with Gasteiger partial charge in [0.15, 0.2) is 0 Å². The number of rotatable bonds is 5. The minimum absolute atomic E-state index is 0.168. The van der Waals surface area contributed by atoms with E-state index in [1.807, 2.05) is 42.5 Å². The van der Waals surface area contributed by atoms with Gasteiger partial charge in [-0.2, -0.15) is 0 Å². The zero-order chi connectivity index (χ0) is 32.0. The first-order valence-electron chi connectivity index (χ1n) is 14.9. The van der Waals surface area contributed by atoms with E-state index in [0.29, 0.717) is 0 Å². The molecular formula is C34H24N4O8. The number of nitro groups is 2. The molecule has 4 amide bonds. The second-order valence-electron chi connectivity index (χ2n) is 12.3. The molecule has 3 fully saturated rings. The standard InChI is InChI=1S/C34H24N4O8/c39-31-25-16-24(17-4-2-1-3-5-17)26-22-14-15-23(27(26)30(25)34(42)35(31)18-6-10-20(11-7-18)37(43)44)29-28(22)32(40)36(33(29)41)19-8-12-21(13-9-19)38(45)46/h1-15,22-23,25,27-30H,16H2/t22-,23-,25-,27+,28-,29+,30-/m1/s1. The molecule has 228 valence electrons. The van der Waals surface area contributed by atoms with Crippen LogP contribution < -0.4 is 9.80 Å². The molecule has 12 heteroatoms. The maximum Gasteiger partial charge on any atom is 0.269 e. The molecule has 3 aromatic rings. The molecule has 0 N–H and O–H groups in total. The molecular weight excluding hydrogens is 592 g/mol. The third kappa shape index (κ3) is 3.73. The Bertz CT molecular complexity index is 1950. The van der Waals surface area contributed by atoms with E-state index in [0.717, 1.165) is 26.5 Å². The largest absolute Gasteiger partial charge is 0.274 e. The van der Waals surface area contributed by atoms with Gasteiger partial charge in [0.1, 0.15) is 0 Å². The number of carbonyl (C=O) groups excluding carboxylic acids is 4. The van der Waals surface area contributed by atoms with Gasteiger partial charge in [0.2, 0.25) is 23.6 Å². The summed E-state index contributed by atoms with van der Waals surface area (Å²) in [5, 5.41) is 22.4. The summed E-state index contributed by atoms with van der Waals surface area (Å²) >= 11 is 0. The Hall–Kier alpha value is -5.78. The number of nitro benzene ring substituents is 2. The summed E-state index contributed by atoms with van der Waals surface area (Å²) < 4.78 is 0. The second-order valence-corrected chi connectivity index (χ2v) is 12.3. The molecule has 7 atom stereocenters. The molecule has 46 heavy (non-hydrogen) atoms.